The van der Waals surface area contributed by atoms with Crippen LogP contribution in [0, 0.1) is 0 Å². The van der Waals surface area contributed by atoms with Crippen molar-refractivity contribution in [1.82, 2.24) is 9.55 Å². The van der Waals surface area contributed by atoms with Gasteiger partial charge in [0.1, 0.15) is 0 Å². The molecular formula is C19H23N3O. The van der Waals surface area contributed by atoms with Crippen molar-refractivity contribution >= 4 is 16.7 Å². The van der Waals surface area contributed by atoms with Gasteiger partial charge in [-0.25, -0.2) is 4.98 Å². The Labute approximate surface area is 136 Å². The van der Waals surface area contributed by atoms with Crippen LogP contribution in [-0.4, -0.2) is 20.5 Å². The second-order valence-electron chi connectivity index (χ2n) is 5.88. The van der Waals surface area contributed by atoms with Crippen LogP contribution >= 0.6 is 0 Å². The number of allylic oxidation sites excluding steroid dienone is 4. The summed E-state index contributed by atoms with van der Waals surface area (Å²) in [5.74, 6) is 0. The molecule has 3 rings (SSSR count). The molecule has 4 heteroatoms. The third kappa shape index (κ3) is 3.70. The summed E-state index contributed by atoms with van der Waals surface area (Å²) >= 11 is 0. The van der Waals surface area contributed by atoms with E-state index in [4.69, 9.17) is 0 Å². The lowest BCUT2D eigenvalue weighted by Crippen LogP contribution is -2.19. The van der Waals surface area contributed by atoms with Gasteiger partial charge in [0.2, 0.25) is 0 Å². The number of benzene rings is 1. The first-order chi connectivity index (χ1) is 11.4. The molecule has 0 unspecified atom stereocenters. The van der Waals surface area contributed by atoms with E-state index >= 15 is 0 Å². The fourth-order valence-corrected chi connectivity index (χ4v) is 3.13. The molecule has 4 nitrogen and oxygen atoms in total. The molecule has 1 aromatic carbocycles. The molecule has 1 heterocycles. The Morgan fingerprint density at radius 1 is 1.00 bits per heavy atom. The lowest BCUT2D eigenvalue weighted by molar-refractivity contribution is 0.312. The number of fused-ring (bicyclic) bond motifs is 1. The fraction of sp³-hybridized carbons (Fsp3) is 0.368. The minimum atomic E-state index is 0.0462. The second kappa shape index (κ2) is 7.77. The fourth-order valence-electron chi connectivity index (χ4n) is 3.13. The third-order valence-corrected chi connectivity index (χ3v) is 4.34. The van der Waals surface area contributed by atoms with Crippen LogP contribution in [-0.2, 0) is 0 Å². The van der Waals surface area contributed by atoms with Gasteiger partial charge >= 0.3 is 0 Å². The van der Waals surface area contributed by atoms with Gasteiger partial charge in [-0.05, 0) is 50.7 Å². The minimum absolute atomic E-state index is 0.0462. The second-order valence-corrected chi connectivity index (χ2v) is 5.88. The van der Waals surface area contributed by atoms with Gasteiger partial charge in [-0.15, -0.1) is 0 Å². The highest BCUT2D eigenvalue weighted by Crippen LogP contribution is 2.25. The van der Waals surface area contributed by atoms with Crippen molar-refractivity contribution in [2.24, 2.45) is 5.16 Å². The molecular weight excluding hydrogens is 286 g/mol. The summed E-state index contributed by atoms with van der Waals surface area (Å²) < 4.78 is 2.15. The van der Waals surface area contributed by atoms with Crippen LogP contribution in [0.4, 0.5) is 0 Å². The van der Waals surface area contributed by atoms with E-state index in [0.29, 0.717) is 0 Å². The molecule has 2 aromatic rings. The van der Waals surface area contributed by atoms with Crippen molar-refractivity contribution in [2.45, 2.75) is 44.6 Å². The smallest absolute Gasteiger partial charge is 0.0964 e. The van der Waals surface area contributed by atoms with E-state index < -0.39 is 0 Å². The van der Waals surface area contributed by atoms with E-state index in [9.17, 15) is 5.21 Å². The average molecular weight is 309 g/mol. The molecule has 0 aliphatic heterocycles. The van der Waals surface area contributed by atoms with E-state index in [1.165, 1.54) is 0 Å². The Morgan fingerprint density at radius 2 is 1.74 bits per heavy atom. The maximum absolute atomic E-state index is 9.55. The number of aromatic nitrogens is 2. The zero-order chi connectivity index (χ0) is 15.9. The maximum Gasteiger partial charge on any atom is 0.0964 e. The molecule has 0 radical (unpaired) electrons. The van der Waals surface area contributed by atoms with Gasteiger partial charge < -0.3 is 9.77 Å². The van der Waals surface area contributed by atoms with Gasteiger partial charge in [-0.1, -0.05) is 41.6 Å². The van der Waals surface area contributed by atoms with Crippen LogP contribution in [0.1, 0.15) is 44.6 Å². The van der Waals surface area contributed by atoms with E-state index in [1.54, 1.807) is 0 Å². The van der Waals surface area contributed by atoms with Gasteiger partial charge in [-0.2, -0.15) is 0 Å². The first kappa shape index (κ1) is 15.5. The van der Waals surface area contributed by atoms with Gasteiger partial charge in [0.25, 0.3) is 0 Å². The van der Waals surface area contributed by atoms with Crippen LogP contribution < -0.4 is 0 Å². The van der Waals surface area contributed by atoms with Gasteiger partial charge in [-0.3, -0.25) is 0 Å². The maximum atomic E-state index is 9.55. The molecule has 0 fully saturated rings. The van der Waals surface area contributed by atoms with Crippen LogP contribution in [0.2, 0.25) is 0 Å². The molecule has 1 aromatic heterocycles. The number of hydrogen-bond acceptors (Lipinski definition) is 3. The molecule has 23 heavy (non-hydrogen) atoms. The minimum Gasteiger partial charge on any atom is -0.411 e. The lowest BCUT2D eigenvalue weighted by atomic mass is 10.00. The molecule has 120 valence electrons. The van der Waals surface area contributed by atoms with Crippen molar-refractivity contribution in [2.75, 3.05) is 0 Å². The quantitative estimate of drug-likeness (QED) is 0.464. The highest BCUT2D eigenvalue weighted by atomic mass is 16.4. The molecule has 1 atom stereocenters. The molecule has 0 amide bonds. The average Bonchev–Trinajstić information content (AvgIpc) is 2.99. The molecule has 1 N–H and O–H groups in total. The monoisotopic (exact) mass is 309 g/mol. The molecule has 0 bridgehead atoms. The summed E-state index contributed by atoms with van der Waals surface area (Å²) in [7, 11) is 0. The number of rotatable bonds is 1. The summed E-state index contributed by atoms with van der Waals surface area (Å²) in [6, 6.07) is 8.15. The SMILES string of the molecule is O/N=C1\CC/C=C/CC/C=C/CC[C@H]1n1cnc2ccccc21. The molecule has 0 saturated carbocycles. The summed E-state index contributed by atoms with van der Waals surface area (Å²) in [5.41, 5.74) is 2.89. The first-order valence-corrected chi connectivity index (χ1v) is 8.32. The van der Waals surface area contributed by atoms with Crippen LogP contribution in [0.5, 0.6) is 0 Å². The van der Waals surface area contributed by atoms with Crippen LogP contribution in [0.25, 0.3) is 11.0 Å². The highest BCUT2D eigenvalue weighted by Gasteiger charge is 2.20. The van der Waals surface area contributed by atoms with Gasteiger partial charge in [0, 0.05) is 0 Å². The van der Waals surface area contributed by atoms with Gasteiger partial charge in [0.05, 0.1) is 29.1 Å². The number of nitrogens with zero attached hydrogens (tertiary/aromatic N) is 3. The molecule has 1 aliphatic carbocycles. The predicted molar refractivity (Wildman–Crippen MR) is 94.0 cm³/mol. The summed E-state index contributed by atoms with van der Waals surface area (Å²) in [5, 5.41) is 13.2. The Morgan fingerprint density at radius 3 is 2.57 bits per heavy atom. The van der Waals surface area contributed by atoms with Crippen molar-refractivity contribution in [1.29, 1.82) is 0 Å². The topological polar surface area (TPSA) is 50.4 Å². The zero-order valence-corrected chi connectivity index (χ0v) is 13.3. The number of para-hydroxylation sites is 2. The number of oxime groups is 1. The first-order valence-electron chi connectivity index (χ1n) is 8.32. The molecule has 0 spiro atoms. The van der Waals surface area contributed by atoms with E-state index in [1.807, 2.05) is 24.5 Å². The Balaban J connectivity index is 1.93. The standard InChI is InChI=1S/C19H23N3O/c23-21-17-12-7-5-3-1-2-4-6-8-13-19(17)22-15-20-16-11-9-10-14-18(16)22/h3-6,9-11,14-15,19,23H,1-2,7-8,12-13H2/b5-3+,6-4+,21-17+/t19-/m1/s1. The van der Waals surface area contributed by atoms with Crippen molar-refractivity contribution in [3.63, 3.8) is 0 Å². The van der Waals surface area contributed by atoms with Gasteiger partial charge in [0.15, 0.2) is 0 Å². The Hall–Kier alpha value is -2.36. The van der Waals surface area contributed by atoms with E-state index in [-0.39, 0.29) is 6.04 Å². The van der Waals surface area contributed by atoms with Crippen LogP contribution in [0.15, 0.2) is 60.1 Å². The highest BCUT2D eigenvalue weighted by molar-refractivity contribution is 5.89. The largest absolute Gasteiger partial charge is 0.411 e. The zero-order valence-electron chi connectivity index (χ0n) is 13.3. The summed E-state index contributed by atoms with van der Waals surface area (Å²) in [6.45, 7) is 0. The van der Waals surface area contributed by atoms with E-state index in [0.717, 1.165) is 55.3 Å². The summed E-state index contributed by atoms with van der Waals surface area (Å²) in [4.78, 5) is 4.49. The number of imidazole rings is 1. The lowest BCUT2D eigenvalue weighted by Gasteiger charge is -2.20. The predicted octanol–water partition coefficient (Wildman–Crippen LogP) is 4.87. The molecule has 1 aliphatic rings. The van der Waals surface area contributed by atoms with Crippen molar-refractivity contribution in [3.05, 3.63) is 54.9 Å². The van der Waals surface area contributed by atoms with Crippen molar-refractivity contribution < 1.29 is 5.21 Å². The third-order valence-electron chi connectivity index (χ3n) is 4.34. The summed E-state index contributed by atoms with van der Waals surface area (Å²) in [6.07, 6.45) is 16.5. The molecule has 0 saturated heterocycles. The van der Waals surface area contributed by atoms with E-state index in [2.05, 4.69) is 45.1 Å². The normalized spacial score (nSPS) is 24.9. The van der Waals surface area contributed by atoms with Crippen molar-refractivity contribution in [3.8, 4) is 0 Å². The van der Waals surface area contributed by atoms with Crippen LogP contribution in [0.3, 0.4) is 0 Å². The number of hydrogen-bond donors (Lipinski definition) is 1. The Kier molecular flexibility index (Phi) is 5.25. The Bertz CT molecular complexity index is 727.